The van der Waals surface area contributed by atoms with Crippen LogP contribution in [-0.2, 0) is 14.0 Å². The van der Waals surface area contributed by atoms with E-state index in [4.69, 9.17) is 14.0 Å². The van der Waals surface area contributed by atoms with Gasteiger partial charge < -0.3 is 14.0 Å². The molecule has 2 aromatic rings. The van der Waals surface area contributed by atoms with E-state index in [-0.39, 0.29) is 0 Å². The number of halogens is 1. The first kappa shape index (κ1) is 23.0. The van der Waals surface area contributed by atoms with Gasteiger partial charge in [0.1, 0.15) is 11.4 Å². The minimum atomic E-state index is -0.803. The maximum Gasteiger partial charge on any atom is 0.497 e. The molecule has 0 atom stereocenters. The van der Waals surface area contributed by atoms with Gasteiger partial charge in [-0.2, -0.15) is 0 Å². The Bertz CT molecular complexity index is 938. The molecule has 0 spiro atoms. The molecule has 1 aromatic carbocycles. The van der Waals surface area contributed by atoms with Crippen LogP contribution >= 0.6 is 11.3 Å². The smallest absolute Gasteiger partial charge is 0.443 e. The summed E-state index contributed by atoms with van der Waals surface area (Å²) in [5, 5.41) is 0.408. The number of benzene rings is 1. The third-order valence-electron chi connectivity index (χ3n) is 5.31. The summed E-state index contributed by atoms with van der Waals surface area (Å²) in [7, 11) is -0.803. The monoisotopic (exact) mass is 436 g/mol. The number of anilines is 1. The van der Waals surface area contributed by atoms with Crippen molar-refractivity contribution in [1.82, 2.24) is 4.98 Å². The third kappa shape index (κ3) is 4.34. The van der Waals surface area contributed by atoms with Crippen molar-refractivity contribution in [3.8, 4) is 0 Å². The van der Waals surface area contributed by atoms with E-state index in [2.05, 4.69) is 4.98 Å². The molecule has 1 saturated heterocycles. The zero-order valence-electron chi connectivity index (χ0n) is 19.0. The highest BCUT2D eigenvalue weighted by Crippen LogP contribution is 2.38. The maximum absolute atomic E-state index is 15.4. The molecule has 164 valence electrons. The Kier molecular flexibility index (Phi) is 5.95. The van der Waals surface area contributed by atoms with Crippen molar-refractivity contribution in [3.05, 3.63) is 17.9 Å². The van der Waals surface area contributed by atoms with Crippen molar-refractivity contribution in [1.29, 1.82) is 0 Å². The van der Waals surface area contributed by atoms with Crippen molar-refractivity contribution in [2.45, 2.75) is 78.6 Å². The Labute approximate surface area is 181 Å². The maximum atomic E-state index is 15.4. The molecule has 0 bridgehead atoms. The molecule has 1 aliphatic heterocycles. The summed E-state index contributed by atoms with van der Waals surface area (Å²) in [6.45, 7) is 15.5. The quantitative estimate of drug-likeness (QED) is 0.639. The van der Waals surface area contributed by atoms with E-state index >= 15 is 4.39 Å². The number of rotatable bonds is 4. The van der Waals surface area contributed by atoms with Crippen molar-refractivity contribution < 1.29 is 23.2 Å². The average Bonchev–Trinajstić information content (AvgIpc) is 3.10. The summed E-state index contributed by atoms with van der Waals surface area (Å²) in [5.74, 6) is -0.435. The Morgan fingerprint density at radius 2 is 1.83 bits per heavy atom. The molecule has 9 heteroatoms. The van der Waals surface area contributed by atoms with Crippen molar-refractivity contribution in [3.63, 3.8) is 0 Å². The average molecular weight is 436 g/mol. The number of hydrogen-bond acceptors (Lipinski definition) is 6. The second kappa shape index (κ2) is 7.77. The predicted molar refractivity (Wildman–Crippen MR) is 119 cm³/mol. The van der Waals surface area contributed by atoms with E-state index < -0.39 is 35.8 Å². The highest BCUT2D eigenvalue weighted by atomic mass is 32.1. The lowest BCUT2D eigenvalue weighted by Crippen LogP contribution is -2.41. The Hall–Kier alpha value is -1.71. The molecule has 1 aromatic heterocycles. The Morgan fingerprint density at radius 3 is 2.37 bits per heavy atom. The second-order valence-corrected chi connectivity index (χ2v) is 10.5. The first-order valence-corrected chi connectivity index (χ1v) is 11.0. The number of carbonyl (C=O) groups excluding carboxylic acids is 1. The number of hydrogen-bond donors (Lipinski definition) is 0. The molecule has 0 radical (unpaired) electrons. The topological polar surface area (TPSA) is 60.9 Å². The van der Waals surface area contributed by atoms with Crippen LogP contribution in [0.4, 0.5) is 14.3 Å². The summed E-state index contributed by atoms with van der Waals surface area (Å²) in [6.07, 6.45) is 0.228. The summed E-state index contributed by atoms with van der Waals surface area (Å²) in [6, 6.07) is 3.37. The van der Waals surface area contributed by atoms with Crippen molar-refractivity contribution in [2.75, 3.05) is 11.4 Å². The summed E-state index contributed by atoms with van der Waals surface area (Å²) >= 11 is 1.13. The number of ether oxygens (including phenoxy) is 1. The van der Waals surface area contributed by atoms with Gasteiger partial charge in [0.2, 0.25) is 0 Å². The van der Waals surface area contributed by atoms with Gasteiger partial charge in [-0.15, -0.1) is 0 Å². The van der Waals surface area contributed by atoms with Crippen LogP contribution in [0.5, 0.6) is 0 Å². The molecule has 1 amide bonds. The van der Waals surface area contributed by atoms with Crippen LogP contribution in [0.25, 0.3) is 10.2 Å². The van der Waals surface area contributed by atoms with Crippen molar-refractivity contribution >= 4 is 45.4 Å². The van der Waals surface area contributed by atoms with Gasteiger partial charge in [0, 0.05) is 12.0 Å². The highest BCUT2D eigenvalue weighted by Gasteiger charge is 2.52. The van der Waals surface area contributed by atoms with E-state index in [1.807, 2.05) is 55.4 Å². The van der Waals surface area contributed by atoms with E-state index in [9.17, 15) is 4.79 Å². The van der Waals surface area contributed by atoms with Gasteiger partial charge in [0.05, 0.1) is 21.4 Å². The molecular weight excluding hydrogens is 406 g/mol. The summed E-state index contributed by atoms with van der Waals surface area (Å²) in [4.78, 5) is 18.6. The lowest BCUT2D eigenvalue weighted by Gasteiger charge is -2.32. The minimum absolute atomic E-state index is 0.329. The lowest BCUT2D eigenvalue weighted by atomic mass is 9.78. The van der Waals surface area contributed by atoms with Gasteiger partial charge in [0.25, 0.3) is 0 Å². The fraction of sp³-hybridized carbons (Fsp3) is 0.619. The Morgan fingerprint density at radius 1 is 1.23 bits per heavy atom. The summed E-state index contributed by atoms with van der Waals surface area (Å²) in [5.41, 5.74) is -0.943. The van der Waals surface area contributed by atoms with Gasteiger partial charge >= 0.3 is 13.2 Å². The Balaban J connectivity index is 1.97. The molecule has 3 rings (SSSR count). The number of carbonyl (C=O) groups is 1. The molecule has 2 heterocycles. The molecule has 6 nitrogen and oxygen atoms in total. The van der Waals surface area contributed by atoms with Crippen LogP contribution in [0.1, 0.15) is 61.8 Å². The fourth-order valence-electron chi connectivity index (χ4n) is 3.04. The largest absolute Gasteiger partial charge is 0.497 e. The van der Waals surface area contributed by atoms with Crippen LogP contribution < -0.4 is 10.4 Å². The van der Waals surface area contributed by atoms with E-state index in [1.54, 1.807) is 12.1 Å². The predicted octanol–water partition coefficient (Wildman–Crippen LogP) is 4.89. The highest BCUT2D eigenvalue weighted by molar-refractivity contribution is 7.22. The first-order chi connectivity index (χ1) is 13.8. The van der Waals surface area contributed by atoms with Crippen molar-refractivity contribution in [2.24, 2.45) is 0 Å². The molecule has 1 aliphatic rings. The van der Waals surface area contributed by atoms with Gasteiger partial charge in [-0.3, -0.25) is 4.90 Å². The van der Waals surface area contributed by atoms with Crippen LogP contribution in [0, 0.1) is 5.82 Å². The lowest BCUT2D eigenvalue weighted by molar-refractivity contribution is 0.00578. The number of thiazole rings is 1. The van der Waals surface area contributed by atoms with Crippen LogP contribution in [0.3, 0.4) is 0 Å². The SMILES string of the molecule is CCCN(C(=O)OC(C)(C)C)c1nc2ccc(B3OC(C)(C)C(C)(C)O3)c(F)c2s1. The van der Waals surface area contributed by atoms with Crippen LogP contribution in [-0.4, -0.2) is 41.5 Å². The first-order valence-electron chi connectivity index (χ1n) is 10.2. The zero-order valence-corrected chi connectivity index (χ0v) is 19.8. The molecule has 0 unspecified atom stereocenters. The molecule has 0 saturated carbocycles. The van der Waals surface area contributed by atoms with Gasteiger partial charge in [0.15, 0.2) is 5.13 Å². The van der Waals surface area contributed by atoms with Crippen LogP contribution in [0.2, 0.25) is 0 Å². The van der Waals surface area contributed by atoms with Gasteiger partial charge in [-0.1, -0.05) is 24.3 Å². The third-order valence-corrected chi connectivity index (χ3v) is 6.40. The van der Waals surface area contributed by atoms with Gasteiger partial charge in [-0.25, -0.2) is 14.2 Å². The minimum Gasteiger partial charge on any atom is -0.443 e. The number of fused-ring (bicyclic) bond motifs is 1. The van der Waals surface area contributed by atoms with E-state index in [0.29, 0.717) is 27.4 Å². The number of nitrogens with zero attached hydrogens (tertiary/aromatic N) is 2. The molecule has 1 fully saturated rings. The number of amides is 1. The number of aromatic nitrogens is 1. The fourth-order valence-corrected chi connectivity index (χ4v) is 4.06. The molecule has 0 aliphatic carbocycles. The standard InChI is InChI=1S/C21H30BFN2O4S/c1-9-12-25(18(26)27-19(2,3)4)17-24-14-11-10-13(15(23)16(14)30-17)22-28-20(5,6)21(7,8)29-22/h10-11H,9,12H2,1-8H3. The van der Waals surface area contributed by atoms with E-state index in [0.717, 1.165) is 17.8 Å². The van der Waals surface area contributed by atoms with Crippen LogP contribution in [0.15, 0.2) is 12.1 Å². The normalized spacial score (nSPS) is 18.1. The summed E-state index contributed by atoms with van der Waals surface area (Å²) < 4.78 is 33.3. The zero-order chi connectivity index (χ0) is 22.5. The molecule has 30 heavy (non-hydrogen) atoms. The molecule has 0 N–H and O–H groups in total. The molecular formula is C21H30BFN2O4S. The second-order valence-electron chi connectivity index (χ2n) is 9.53. The van der Waals surface area contributed by atoms with E-state index in [1.165, 1.54) is 4.90 Å². The van der Waals surface area contributed by atoms with Gasteiger partial charge in [-0.05, 0) is 61.0 Å².